The number of rotatable bonds is 3. The largest absolute Gasteiger partial charge is 0.428 e. The Kier molecular flexibility index (Phi) is 3.06. The van der Waals surface area contributed by atoms with Crippen LogP contribution in [0.1, 0.15) is 11.5 Å². The predicted octanol–water partition coefficient (Wildman–Crippen LogP) is 3.47. The molecule has 19 heavy (non-hydrogen) atoms. The predicted molar refractivity (Wildman–Crippen MR) is 68.9 cm³/mol. The van der Waals surface area contributed by atoms with Crippen LogP contribution < -0.4 is 0 Å². The lowest BCUT2D eigenvalue weighted by Gasteiger charge is -2.05. The molecule has 3 aromatic rings. The van der Waals surface area contributed by atoms with E-state index in [9.17, 15) is 4.39 Å². The van der Waals surface area contributed by atoms with Crippen molar-refractivity contribution in [2.75, 3.05) is 0 Å². The van der Waals surface area contributed by atoms with Crippen LogP contribution in [0.3, 0.4) is 0 Å². The van der Waals surface area contributed by atoms with Crippen molar-refractivity contribution < 1.29 is 8.81 Å². The van der Waals surface area contributed by atoms with Gasteiger partial charge >= 0.3 is 0 Å². The maximum atomic E-state index is 14.0. The monoisotopic (exact) mass is 254 g/mol. The number of hydrogen-bond acceptors (Lipinski definition) is 3. The maximum Gasteiger partial charge on any atom is 0.220 e. The van der Waals surface area contributed by atoms with Crippen LogP contribution in [0.25, 0.3) is 11.1 Å². The van der Waals surface area contributed by atoms with Gasteiger partial charge < -0.3 is 4.42 Å². The highest BCUT2D eigenvalue weighted by Gasteiger charge is 2.08. The zero-order valence-electron chi connectivity index (χ0n) is 10.1. The van der Waals surface area contributed by atoms with Gasteiger partial charge in [-0.15, -0.1) is 10.2 Å². The molecule has 0 N–H and O–H groups in total. The van der Waals surface area contributed by atoms with E-state index >= 15 is 0 Å². The van der Waals surface area contributed by atoms with Gasteiger partial charge in [-0.05, 0) is 22.8 Å². The van der Waals surface area contributed by atoms with Gasteiger partial charge in [0.15, 0.2) is 0 Å². The zero-order chi connectivity index (χ0) is 13.1. The molecule has 94 valence electrons. The fourth-order valence-electron chi connectivity index (χ4n) is 1.94. The number of halogens is 1. The fourth-order valence-corrected chi connectivity index (χ4v) is 1.94. The van der Waals surface area contributed by atoms with Gasteiger partial charge in [0.1, 0.15) is 5.82 Å². The normalized spacial score (nSPS) is 10.6. The molecule has 1 aromatic heterocycles. The van der Waals surface area contributed by atoms with Crippen LogP contribution in [0.4, 0.5) is 4.39 Å². The first-order chi connectivity index (χ1) is 9.33. The van der Waals surface area contributed by atoms with Crippen LogP contribution in [0.5, 0.6) is 0 Å². The average Bonchev–Trinajstić information content (AvgIpc) is 2.95. The third-order valence-electron chi connectivity index (χ3n) is 2.91. The minimum atomic E-state index is -0.264. The minimum Gasteiger partial charge on any atom is -0.428 e. The fraction of sp³-hybridized carbons (Fsp3) is 0.0667. The summed E-state index contributed by atoms with van der Waals surface area (Å²) >= 11 is 0. The summed E-state index contributed by atoms with van der Waals surface area (Å²) in [7, 11) is 0. The Bertz CT molecular complexity index is 666. The van der Waals surface area contributed by atoms with Crippen LogP contribution >= 0.6 is 0 Å². The third-order valence-corrected chi connectivity index (χ3v) is 2.91. The summed E-state index contributed by atoms with van der Waals surface area (Å²) in [4.78, 5) is 0. The second kappa shape index (κ2) is 5.02. The molecule has 0 bridgehead atoms. The van der Waals surface area contributed by atoms with Gasteiger partial charge in [-0.3, -0.25) is 0 Å². The van der Waals surface area contributed by atoms with E-state index < -0.39 is 0 Å². The minimum absolute atomic E-state index is 0.264. The standard InChI is InChI=1S/C15H11FN2O/c16-14-8-12(11-4-2-1-3-5-11)6-7-13(14)9-15-18-17-10-19-15/h1-8,10H,9H2. The van der Waals surface area contributed by atoms with Crippen molar-refractivity contribution in [3.05, 3.63) is 72.2 Å². The summed E-state index contributed by atoms with van der Waals surface area (Å²) in [5.74, 6) is 0.144. The van der Waals surface area contributed by atoms with Gasteiger partial charge in [0.2, 0.25) is 12.3 Å². The van der Waals surface area contributed by atoms with Crippen molar-refractivity contribution >= 4 is 0 Å². The summed E-state index contributed by atoms with van der Waals surface area (Å²) in [5, 5.41) is 7.32. The lowest BCUT2D eigenvalue weighted by Crippen LogP contribution is -1.94. The second-order valence-electron chi connectivity index (χ2n) is 4.18. The van der Waals surface area contributed by atoms with Crippen molar-refractivity contribution in [1.29, 1.82) is 0 Å². The van der Waals surface area contributed by atoms with Gasteiger partial charge in [-0.1, -0.05) is 42.5 Å². The van der Waals surface area contributed by atoms with Gasteiger partial charge in [0, 0.05) is 0 Å². The number of hydrogen-bond donors (Lipinski definition) is 0. The van der Waals surface area contributed by atoms with Crippen molar-refractivity contribution in [3.8, 4) is 11.1 Å². The SMILES string of the molecule is Fc1cc(-c2ccccc2)ccc1Cc1nnco1. The summed E-state index contributed by atoms with van der Waals surface area (Å²) < 4.78 is 19.1. The summed E-state index contributed by atoms with van der Waals surface area (Å²) in [6, 6.07) is 14.9. The lowest BCUT2D eigenvalue weighted by atomic mass is 10.0. The smallest absolute Gasteiger partial charge is 0.220 e. The van der Waals surface area contributed by atoms with Crippen LogP contribution in [0.2, 0.25) is 0 Å². The van der Waals surface area contributed by atoms with Gasteiger partial charge in [0.25, 0.3) is 0 Å². The molecule has 0 aliphatic carbocycles. The molecule has 2 aromatic carbocycles. The molecule has 0 fully saturated rings. The van der Waals surface area contributed by atoms with E-state index in [0.29, 0.717) is 17.9 Å². The first kappa shape index (κ1) is 11.6. The molecule has 3 nitrogen and oxygen atoms in total. The Labute approximate surface area is 109 Å². The maximum absolute atomic E-state index is 14.0. The molecule has 3 rings (SSSR count). The molecule has 0 saturated carbocycles. The van der Waals surface area contributed by atoms with E-state index in [4.69, 9.17) is 4.42 Å². The average molecular weight is 254 g/mol. The van der Waals surface area contributed by atoms with Crippen LogP contribution in [-0.4, -0.2) is 10.2 Å². The molecule has 1 heterocycles. The molecular formula is C15H11FN2O. The first-order valence-corrected chi connectivity index (χ1v) is 5.92. The Balaban J connectivity index is 1.90. The highest BCUT2D eigenvalue weighted by Crippen LogP contribution is 2.22. The topological polar surface area (TPSA) is 38.9 Å². The highest BCUT2D eigenvalue weighted by atomic mass is 19.1. The molecule has 0 saturated heterocycles. The van der Waals surface area contributed by atoms with E-state index in [-0.39, 0.29) is 5.82 Å². The van der Waals surface area contributed by atoms with Crippen LogP contribution in [0.15, 0.2) is 59.3 Å². The van der Waals surface area contributed by atoms with Crippen molar-refractivity contribution in [1.82, 2.24) is 10.2 Å². The Morgan fingerprint density at radius 2 is 1.84 bits per heavy atom. The quantitative estimate of drug-likeness (QED) is 0.718. The van der Waals surface area contributed by atoms with Gasteiger partial charge in [-0.25, -0.2) is 4.39 Å². The molecule has 0 unspecified atom stereocenters. The van der Waals surface area contributed by atoms with Gasteiger partial charge in [-0.2, -0.15) is 0 Å². The summed E-state index contributed by atoms with van der Waals surface area (Å²) in [6.45, 7) is 0. The highest BCUT2D eigenvalue weighted by molar-refractivity contribution is 5.63. The molecule has 4 heteroatoms. The number of aromatic nitrogens is 2. The van der Waals surface area contributed by atoms with E-state index in [1.54, 1.807) is 6.07 Å². The van der Waals surface area contributed by atoms with Crippen LogP contribution in [0, 0.1) is 5.82 Å². The van der Waals surface area contributed by atoms with Crippen molar-refractivity contribution in [2.24, 2.45) is 0 Å². The molecule has 0 aliphatic rings. The molecule has 0 atom stereocenters. The Hall–Kier alpha value is -2.49. The Morgan fingerprint density at radius 3 is 2.53 bits per heavy atom. The van der Waals surface area contributed by atoms with Crippen molar-refractivity contribution in [3.63, 3.8) is 0 Å². The second-order valence-corrected chi connectivity index (χ2v) is 4.18. The summed E-state index contributed by atoms with van der Waals surface area (Å²) in [5.41, 5.74) is 2.39. The third kappa shape index (κ3) is 2.52. The summed E-state index contributed by atoms with van der Waals surface area (Å²) in [6.07, 6.45) is 1.55. The van der Waals surface area contributed by atoms with Gasteiger partial charge in [0.05, 0.1) is 6.42 Å². The molecule has 0 amide bonds. The van der Waals surface area contributed by atoms with E-state index in [2.05, 4.69) is 10.2 Å². The van der Waals surface area contributed by atoms with E-state index in [1.807, 2.05) is 36.4 Å². The molecule has 0 spiro atoms. The molecule has 0 radical (unpaired) electrons. The first-order valence-electron chi connectivity index (χ1n) is 5.92. The zero-order valence-corrected chi connectivity index (χ0v) is 10.1. The number of nitrogens with zero attached hydrogens (tertiary/aromatic N) is 2. The number of benzene rings is 2. The molecule has 0 aliphatic heterocycles. The van der Waals surface area contributed by atoms with E-state index in [1.165, 1.54) is 12.5 Å². The van der Waals surface area contributed by atoms with Crippen LogP contribution in [-0.2, 0) is 6.42 Å². The molecular weight excluding hydrogens is 243 g/mol. The van der Waals surface area contributed by atoms with Crippen molar-refractivity contribution in [2.45, 2.75) is 6.42 Å². The lowest BCUT2D eigenvalue weighted by molar-refractivity contribution is 0.499. The Morgan fingerprint density at radius 1 is 1.00 bits per heavy atom. The van der Waals surface area contributed by atoms with E-state index in [0.717, 1.165) is 11.1 Å².